The van der Waals surface area contributed by atoms with Crippen LogP contribution in [0, 0.1) is 0 Å². The molecule has 0 radical (unpaired) electrons. The summed E-state index contributed by atoms with van der Waals surface area (Å²) in [6.07, 6.45) is 0. The summed E-state index contributed by atoms with van der Waals surface area (Å²) >= 11 is 0. The summed E-state index contributed by atoms with van der Waals surface area (Å²) in [6.45, 7) is 17.7. The van der Waals surface area contributed by atoms with Crippen molar-refractivity contribution in [2.45, 2.75) is 70.5 Å². The summed E-state index contributed by atoms with van der Waals surface area (Å²) in [7, 11) is -2.97. The second kappa shape index (κ2) is 7.60. The molecule has 1 rings (SSSR count). The van der Waals surface area contributed by atoms with Gasteiger partial charge in [0, 0.05) is 0 Å². The topological polar surface area (TPSA) is 38.3 Å². The van der Waals surface area contributed by atoms with E-state index in [-0.39, 0.29) is 15.8 Å². The zero-order valence-electron chi connectivity index (χ0n) is 15.9. The number of hydrogen-bond donors (Lipinski definition) is 1. The summed E-state index contributed by atoms with van der Waals surface area (Å²) in [6, 6.07) is 10.1. The lowest BCUT2D eigenvalue weighted by Gasteiger charge is -2.37. The highest BCUT2D eigenvalue weighted by Gasteiger charge is 2.38. The van der Waals surface area contributed by atoms with Gasteiger partial charge in [-0.2, -0.15) is 0 Å². The van der Waals surface area contributed by atoms with Gasteiger partial charge in [-0.3, -0.25) is 0 Å². The Labute approximate surface area is 145 Å². The summed E-state index contributed by atoms with van der Waals surface area (Å²) in [5.74, 6) is 0. The molecule has 0 amide bonds. The van der Waals surface area contributed by atoms with Crippen LogP contribution in [0.4, 0.5) is 0 Å². The third-order valence-corrected chi connectivity index (χ3v) is 10.5. The molecule has 3 nitrogen and oxygen atoms in total. The zero-order valence-corrected chi connectivity index (χ0v) is 17.7. The number of benzene rings is 1. The van der Waals surface area contributed by atoms with Gasteiger partial charge in [-0.15, -0.1) is 0 Å². The van der Waals surface area contributed by atoms with Crippen LogP contribution < -0.4 is 4.72 Å². The van der Waals surface area contributed by atoms with Crippen LogP contribution in [-0.2, 0) is 15.4 Å². The molecule has 0 aliphatic rings. The first kappa shape index (κ1) is 20.6. The number of rotatable bonds is 6. The molecule has 1 aromatic rings. The molecule has 2 atom stereocenters. The van der Waals surface area contributed by atoms with Crippen LogP contribution in [0.2, 0.25) is 18.1 Å². The van der Waals surface area contributed by atoms with E-state index >= 15 is 0 Å². The summed E-state index contributed by atoms with van der Waals surface area (Å²) in [4.78, 5) is 0. The fraction of sp³-hybridized carbons (Fsp3) is 0.667. The molecular formula is C18H33NO2SSi. The third-order valence-electron chi connectivity index (χ3n) is 4.42. The second-order valence-corrected chi connectivity index (χ2v) is 15.3. The van der Waals surface area contributed by atoms with Crippen LogP contribution in [-0.4, -0.2) is 23.9 Å². The van der Waals surface area contributed by atoms with E-state index < -0.39 is 19.3 Å². The van der Waals surface area contributed by atoms with Crippen LogP contribution in [0.3, 0.4) is 0 Å². The normalized spacial score (nSPS) is 16.2. The van der Waals surface area contributed by atoms with Crippen LogP contribution in [0.15, 0.2) is 30.3 Å². The molecule has 0 bridgehead atoms. The van der Waals surface area contributed by atoms with Gasteiger partial charge in [0.2, 0.25) is 0 Å². The number of nitrogens with one attached hydrogen (secondary N) is 1. The highest BCUT2D eigenvalue weighted by Crippen LogP contribution is 2.37. The molecule has 0 aliphatic carbocycles. The lowest BCUT2D eigenvalue weighted by atomic mass is 10.1. The van der Waals surface area contributed by atoms with Crippen molar-refractivity contribution in [3.05, 3.63) is 35.9 Å². The van der Waals surface area contributed by atoms with E-state index in [1.165, 1.54) is 0 Å². The van der Waals surface area contributed by atoms with Gasteiger partial charge in [-0.25, -0.2) is 8.93 Å². The van der Waals surface area contributed by atoms with Crippen molar-refractivity contribution in [1.29, 1.82) is 0 Å². The van der Waals surface area contributed by atoms with Gasteiger partial charge in [0.05, 0.1) is 28.4 Å². The van der Waals surface area contributed by atoms with Crippen LogP contribution in [0.5, 0.6) is 0 Å². The molecule has 0 fully saturated rings. The van der Waals surface area contributed by atoms with Gasteiger partial charge >= 0.3 is 0 Å². The summed E-state index contributed by atoms with van der Waals surface area (Å²) in [5, 5.41) is 0.164. The zero-order chi connectivity index (χ0) is 17.9. The van der Waals surface area contributed by atoms with Gasteiger partial charge in [-0.05, 0) is 44.5 Å². The Bertz CT molecular complexity index is 518. The number of hydrogen-bond acceptors (Lipinski definition) is 2. The fourth-order valence-corrected chi connectivity index (χ4v) is 3.53. The molecule has 0 saturated heterocycles. The Morgan fingerprint density at radius 3 is 2.04 bits per heavy atom. The minimum atomic E-state index is -1.84. The minimum Gasteiger partial charge on any atom is -0.415 e. The molecule has 0 unspecified atom stereocenters. The minimum absolute atomic E-state index is 0.0645. The highest BCUT2D eigenvalue weighted by molar-refractivity contribution is 7.84. The molecular weight excluding hydrogens is 322 g/mol. The largest absolute Gasteiger partial charge is 0.415 e. The molecule has 5 heteroatoms. The van der Waals surface area contributed by atoms with Crippen molar-refractivity contribution in [2.75, 3.05) is 6.61 Å². The predicted octanol–water partition coefficient (Wildman–Crippen LogP) is 4.80. The molecule has 1 N–H and O–H groups in total. The SMILES string of the molecule is CC(C)(C)[S@@](=O)N[C@H](CO[Si](C)(C)C(C)(C)C)c1ccccc1. The molecule has 0 saturated carbocycles. The smallest absolute Gasteiger partial charge is 0.192 e. The second-order valence-electron chi connectivity index (χ2n) is 8.53. The Hall–Kier alpha value is -0.493. The third kappa shape index (κ3) is 6.14. The van der Waals surface area contributed by atoms with Gasteiger partial charge < -0.3 is 4.43 Å². The maximum Gasteiger partial charge on any atom is 0.192 e. The van der Waals surface area contributed by atoms with Crippen LogP contribution in [0.1, 0.15) is 53.1 Å². The lowest BCUT2D eigenvalue weighted by Crippen LogP contribution is -2.44. The highest BCUT2D eigenvalue weighted by atomic mass is 32.2. The Morgan fingerprint density at radius 1 is 1.09 bits per heavy atom. The van der Waals surface area contributed by atoms with E-state index in [1.807, 2.05) is 39.0 Å². The Kier molecular flexibility index (Phi) is 6.79. The standard InChI is InChI=1S/C18H33NO2SSi/c1-17(2,3)22(20)19-16(15-12-10-9-11-13-15)14-21-23(7,8)18(4,5)6/h9-13,16,19H,14H2,1-8H3/t16-,22-/m1/s1. The van der Waals surface area contributed by atoms with E-state index in [9.17, 15) is 4.21 Å². The van der Waals surface area contributed by atoms with Gasteiger partial charge in [-0.1, -0.05) is 51.1 Å². The van der Waals surface area contributed by atoms with E-state index in [2.05, 4.69) is 50.7 Å². The first-order chi connectivity index (χ1) is 10.3. The van der Waals surface area contributed by atoms with Gasteiger partial charge in [0.25, 0.3) is 0 Å². The van der Waals surface area contributed by atoms with Crippen molar-refractivity contribution >= 4 is 19.3 Å². The van der Waals surface area contributed by atoms with Crippen LogP contribution in [0.25, 0.3) is 0 Å². The van der Waals surface area contributed by atoms with Crippen molar-refractivity contribution in [1.82, 2.24) is 4.72 Å². The molecule has 0 heterocycles. The van der Waals surface area contributed by atoms with Gasteiger partial charge in [0.15, 0.2) is 8.32 Å². The van der Waals surface area contributed by atoms with Crippen LogP contribution >= 0.6 is 0 Å². The Morgan fingerprint density at radius 2 is 1.61 bits per heavy atom. The predicted molar refractivity (Wildman–Crippen MR) is 103 cm³/mol. The van der Waals surface area contributed by atoms with Crippen molar-refractivity contribution in [3.8, 4) is 0 Å². The van der Waals surface area contributed by atoms with Crippen molar-refractivity contribution in [3.63, 3.8) is 0 Å². The first-order valence-electron chi connectivity index (χ1n) is 8.21. The van der Waals surface area contributed by atoms with E-state index in [0.29, 0.717) is 6.61 Å². The molecule has 1 aromatic carbocycles. The molecule has 132 valence electrons. The monoisotopic (exact) mass is 355 g/mol. The Balaban J connectivity index is 2.92. The van der Waals surface area contributed by atoms with E-state index in [0.717, 1.165) is 5.56 Å². The average Bonchev–Trinajstić information content (AvgIpc) is 2.41. The lowest BCUT2D eigenvalue weighted by molar-refractivity contribution is 0.257. The average molecular weight is 356 g/mol. The maximum absolute atomic E-state index is 12.5. The quantitative estimate of drug-likeness (QED) is 0.744. The van der Waals surface area contributed by atoms with Gasteiger partial charge in [0.1, 0.15) is 0 Å². The van der Waals surface area contributed by atoms with E-state index in [1.54, 1.807) is 0 Å². The first-order valence-corrected chi connectivity index (χ1v) is 12.3. The summed E-state index contributed by atoms with van der Waals surface area (Å²) < 4.78 is 21.9. The molecule has 0 aliphatic heterocycles. The van der Waals surface area contributed by atoms with Crippen molar-refractivity contribution in [2.24, 2.45) is 0 Å². The fourth-order valence-electron chi connectivity index (χ4n) is 1.70. The van der Waals surface area contributed by atoms with Crippen molar-refractivity contribution < 1.29 is 8.63 Å². The molecule has 0 spiro atoms. The molecule has 0 aromatic heterocycles. The van der Waals surface area contributed by atoms with E-state index in [4.69, 9.17) is 4.43 Å². The molecule has 23 heavy (non-hydrogen) atoms. The maximum atomic E-state index is 12.5. The summed E-state index contributed by atoms with van der Waals surface area (Å²) in [5.41, 5.74) is 1.11.